The lowest BCUT2D eigenvalue weighted by Crippen LogP contribution is -2.57. The molecule has 0 aromatic heterocycles. The summed E-state index contributed by atoms with van der Waals surface area (Å²) < 4.78 is 0. The minimum atomic E-state index is -1.31. The van der Waals surface area contributed by atoms with E-state index in [0.29, 0.717) is 19.4 Å². The van der Waals surface area contributed by atoms with Gasteiger partial charge >= 0.3 is 5.97 Å². The largest absolute Gasteiger partial charge is 0.480 e. The first kappa shape index (κ1) is 32.5. The molecule has 0 radical (unpaired) electrons. The maximum atomic E-state index is 12.9. The molecule has 0 saturated carbocycles. The topological polar surface area (TPSA) is 304 Å². The fourth-order valence-corrected chi connectivity index (χ4v) is 2.98. The van der Waals surface area contributed by atoms with Crippen molar-refractivity contribution in [2.75, 3.05) is 19.7 Å². The van der Waals surface area contributed by atoms with E-state index < -0.39 is 60.4 Å². The van der Waals surface area contributed by atoms with E-state index in [4.69, 9.17) is 33.8 Å². The van der Waals surface area contributed by atoms with Gasteiger partial charge in [-0.25, -0.2) is 4.79 Å². The Kier molecular flexibility index (Phi) is 16.1. The van der Waals surface area contributed by atoms with Crippen LogP contribution in [-0.2, 0) is 24.0 Å². The first-order valence-electron chi connectivity index (χ1n) is 11.5. The third kappa shape index (κ3) is 14.0. The summed E-state index contributed by atoms with van der Waals surface area (Å²) in [5.41, 5.74) is 26.6. The number of aliphatic hydroxyl groups excluding tert-OH is 1. The molecule has 16 heteroatoms. The zero-order valence-corrected chi connectivity index (χ0v) is 20.2. The summed E-state index contributed by atoms with van der Waals surface area (Å²) in [7, 11) is 0. The summed E-state index contributed by atoms with van der Waals surface area (Å²) >= 11 is 0. The molecule has 206 valence electrons. The number of nitrogens with one attached hydrogen (secondary N) is 3. The van der Waals surface area contributed by atoms with Gasteiger partial charge in [0.1, 0.15) is 24.2 Å². The molecule has 16 nitrogen and oxygen atoms in total. The molecular weight excluding hydrogens is 478 g/mol. The smallest absolute Gasteiger partial charge is 0.326 e. The van der Waals surface area contributed by atoms with Crippen LogP contribution in [0.1, 0.15) is 44.9 Å². The lowest BCUT2D eigenvalue weighted by atomic mass is 10.0. The van der Waals surface area contributed by atoms with Crippen molar-refractivity contribution in [2.24, 2.45) is 33.7 Å². The van der Waals surface area contributed by atoms with Crippen LogP contribution < -0.4 is 44.6 Å². The molecule has 4 atom stereocenters. The summed E-state index contributed by atoms with van der Waals surface area (Å²) in [5, 5.41) is 25.7. The van der Waals surface area contributed by atoms with Crippen LogP contribution >= 0.6 is 0 Å². The Morgan fingerprint density at radius 3 is 1.81 bits per heavy atom. The average Bonchev–Trinajstić information content (AvgIpc) is 2.81. The highest BCUT2D eigenvalue weighted by Crippen LogP contribution is 2.06. The predicted molar refractivity (Wildman–Crippen MR) is 130 cm³/mol. The molecule has 0 heterocycles. The first-order chi connectivity index (χ1) is 16.9. The Balaban J connectivity index is 5.49. The Morgan fingerprint density at radius 2 is 1.31 bits per heavy atom. The van der Waals surface area contributed by atoms with Crippen molar-refractivity contribution in [3.05, 3.63) is 0 Å². The van der Waals surface area contributed by atoms with E-state index in [1.54, 1.807) is 0 Å². The van der Waals surface area contributed by atoms with Crippen LogP contribution in [0.3, 0.4) is 0 Å². The number of aliphatic carboxylic acids is 1. The second-order valence-corrected chi connectivity index (χ2v) is 8.05. The molecule has 4 unspecified atom stereocenters. The number of nitrogens with zero attached hydrogens (tertiary/aromatic N) is 1. The standard InChI is InChI=1S/C20H39N9O7/c21-8-2-1-4-12(17(33)29-14(19(35)36)5-3-9-26-20(24)25)28-18(34)13(6-7-15(23)31)27-16(32)11(22)10-30/h11-14,30H,1-10,21-22H2,(H2,23,31)(H,27,32)(H,28,34)(H,29,33)(H,35,36)(H4,24,25,26). The molecule has 0 aromatic rings. The van der Waals surface area contributed by atoms with Gasteiger partial charge in [-0.2, -0.15) is 0 Å². The van der Waals surface area contributed by atoms with Gasteiger partial charge in [0.2, 0.25) is 23.6 Å². The first-order valence-corrected chi connectivity index (χ1v) is 11.5. The van der Waals surface area contributed by atoms with E-state index in [-0.39, 0.29) is 44.6 Å². The second-order valence-electron chi connectivity index (χ2n) is 8.05. The SMILES string of the molecule is NCCCCC(NC(=O)C(CCC(N)=O)NC(=O)C(N)CO)C(=O)NC(CCCN=C(N)N)C(=O)O. The van der Waals surface area contributed by atoms with Gasteiger partial charge in [0.15, 0.2) is 5.96 Å². The number of hydrogen-bond acceptors (Lipinski definition) is 9. The number of rotatable bonds is 19. The molecule has 0 rings (SSSR count). The van der Waals surface area contributed by atoms with Crippen molar-refractivity contribution in [1.29, 1.82) is 0 Å². The van der Waals surface area contributed by atoms with Gasteiger partial charge in [0.05, 0.1) is 6.61 Å². The van der Waals surface area contributed by atoms with Crippen molar-refractivity contribution in [1.82, 2.24) is 16.0 Å². The number of carboxylic acid groups (broad SMARTS) is 1. The number of guanidine groups is 1. The summed E-state index contributed by atoms with van der Waals surface area (Å²) in [4.78, 5) is 64.4. The van der Waals surface area contributed by atoms with E-state index in [1.165, 1.54) is 0 Å². The Bertz CT molecular complexity index is 775. The van der Waals surface area contributed by atoms with Crippen molar-refractivity contribution < 1.29 is 34.2 Å². The van der Waals surface area contributed by atoms with Gasteiger partial charge in [-0.1, -0.05) is 0 Å². The van der Waals surface area contributed by atoms with Gasteiger partial charge in [-0.15, -0.1) is 0 Å². The van der Waals surface area contributed by atoms with Gasteiger partial charge in [0.25, 0.3) is 0 Å². The molecule has 0 aliphatic carbocycles. The van der Waals surface area contributed by atoms with Gasteiger partial charge < -0.3 is 54.8 Å². The fourth-order valence-electron chi connectivity index (χ4n) is 2.98. The summed E-state index contributed by atoms with van der Waals surface area (Å²) in [6.45, 7) is -0.184. The Labute approximate surface area is 208 Å². The monoisotopic (exact) mass is 517 g/mol. The molecule has 0 bridgehead atoms. The van der Waals surface area contributed by atoms with Crippen LogP contribution in [-0.4, -0.2) is 89.6 Å². The number of primary amides is 1. The third-order valence-electron chi connectivity index (χ3n) is 4.99. The van der Waals surface area contributed by atoms with Gasteiger partial charge in [0, 0.05) is 13.0 Å². The molecule has 36 heavy (non-hydrogen) atoms. The Morgan fingerprint density at radius 1 is 0.778 bits per heavy atom. The molecule has 0 aromatic carbocycles. The van der Waals surface area contributed by atoms with E-state index in [1.807, 2.05) is 0 Å². The minimum Gasteiger partial charge on any atom is -0.480 e. The molecule has 4 amide bonds. The number of aliphatic imine (C=N–C) groups is 1. The zero-order chi connectivity index (χ0) is 27.7. The Hall–Kier alpha value is -3.50. The lowest BCUT2D eigenvalue weighted by molar-refractivity contribution is -0.142. The van der Waals surface area contributed by atoms with Crippen molar-refractivity contribution in [3.63, 3.8) is 0 Å². The fraction of sp³-hybridized carbons (Fsp3) is 0.700. The van der Waals surface area contributed by atoms with Crippen molar-refractivity contribution in [3.8, 4) is 0 Å². The maximum Gasteiger partial charge on any atom is 0.326 e. The number of aliphatic hydroxyl groups is 1. The normalized spacial score (nSPS) is 14.0. The molecule has 0 aliphatic heterocycles. The number of unbranched alkanes of at least 4 members (excludes halogenated alkanes) is 1. The quantitative estimate of drug-likeness (QED) is 0.0440. The van der Waals surface area contributed by atoms with Crippen LogP contribution in [0, 0.1) is 0 Å². The van der Waals surface area contributed by atoms with E-state index in [2.05, 4.69) is 20.9 Å². The number of carboxylic acids is 1. The zero-order valence-electron chi connectivity index (χ0n) is 20.2. The average molecular weight is 518 g/mol. The van der Waals surface area contributed by atoms with Gasteiger partial charge in [-0.3, -0.25) is 24.2 Å². The lowest BCUT2D eigenvalue weighted by Gasteiger charge is -2.25. The molecule has 0 fully saturated rings. The summed E-state index contributed by atoms with van der Waals surface area (Å²) in [6.07, 6.45) is 0.946. The highest BCUT2D eigenvalue weighted by Gasteiger charge is 2.30. The summed E-state index contributed by atoms with van der Waals surface area (Å²) in [6, 6.07) is -5.04. The number of nitrogens with two attached hydrogens (primary N) is 5. The molecule has 15 N–H and O–H groups in total. The van der Waals surface area contributed by atoms with Crippen LogP contribution in [0.25, 0.3) is 0 Å². The summed E-state index contributed by atoms with van der Waals surface area (Å²) in [5.74, 6) is -4.59. The highest BCUT2D eigenvalue weighted by atomic mass is 16.4. The van der Waals surface area contributed by atoms with E-state index in [9.17, 15) is 29.1 Å². The van der Waals surface area contributed by atoms with Crippen LogP contribution in [0.15, 0.2) is 4.99 Å². The van der Waals surface area contributed by atoms with E-state index >= 15 is 0 Å². The van der Waals surface area contributed by atoms with Crippen LogP contribution in [0.4, 0.5) is 0 Å². The predicted octanol–water partition coefficient (Wildman–Crippen LogP) is -4.71. The minimum absolute atomic E-state index is 0.0255. The van der Waals surface area contributed by atoms with E-state index in [0.717, 1.165) is 0 Å². The highest BCUT2D eigenvalue weighted by molar-refractivity contribution is 5.94. The number of amides is 4. The van der Waals surface area contributed by atoms with Crippen LogP contribution in [0.2, 0.25) is 0 Å². The number of carbonyl (C=O) groups is 5. The van der Waals surface area contributed by atoms with Crippen molar-refractivity contribution >= 4 is 35.6 Å². The third-order valence-corrected chi connectivity index (χ3v) is 4.99. The number of hydrogen-bond donors (Lipinski definition) is 10. The van der Waals surface area contributed by atoms with Crippen molar-refractivity contribution in [2.45, 2.75) is 69.1 Å². The van der Waals surface area contributed by atoms with Gasteiger partial charge in [-0.05, 0) is 45.1 Å². The molecule has 0 spiro atoms. The maximum absolute atomic E-state index is 12.9. The molecular formula is C20H39N9O7. The molecule has 0 saturated heterocycles. The second kappa shape index (κ2) is 17.9. The molecule has 0 aliphatic rings. The van der Waals surface area contributed by atoms with Crippen LogP contribution in [0.5, 0.6) is 0 Å². The number of carbonyl (C=O) groups excluding carboxylic acids is 4.